The zero-order valence-corrected chi connectivity index (χ0v) is 15.2. The van der Waals surface area contributed by atoms with Crippen molar-refractivity contribution in [2.45, 2.75) is 13.5 Å². The van der Waals surface area contributed by atoms with Gasteiger partial charge in [-0.2, -0.15) is 0 Å². The van der Waals surface area contributed by atoms with Gasteiger partial charge in [-0.3, -0.25) is 14.9 Å². The van der Waals surface area contributed by atoms with E-state index < -0.39 is 4.92 Å². The number of benzene rings is 2. The van der Waals surface area contributed by atoms with Crippen LogP contribution in [0, 0.1) is 10.1 Å². The second-order valence-electron chi connectivity index (χ2n) is 5.48. The molecule has 1 amide bonds. The fourth-order valence-electron chi connectivity index (χ4n) is 2.22. The maximum atomic E-state index is 12.2. The van der Waals surface area contributed by atoms with Crippen LogP contribution in [0.1, 0.15) is 12.5 Å². The van der Waals surface area contributed by atoms with Gasteiger partial charge < -0.3 is 14.4 Å². The van der Waals surface area contributed by atoms with Crippen LogP contribution in [0.25, 0.3) is 0 Å². The number of halogens is 1. The Morgan fingerprint density at radius 2 is 1.88 bits per heavy atom. The van der Waals surface area contributed by atoms with Crippen molar-refractivity contribution in [1.29, 1.82) is 0 Å². The lowest BCUT2D eigenvalue weighted by molar-refractivity contribution is -0.385. The summed E-state index contributed by atoms with van der Waals surface area (Å²) in [5, 5.41) is 11.3. The van der Waals surface area contributed by atoms with Crippen molar-refractivity contribution in [2.75, 3.05) is 20.3 Å². The van der Waals surface area contributed by atoms with Crippen LogP contribution in [0.15, 0.2) is 42.5 Å². The van der Waals surface area contributed by atoms with E-state index in [-0.39, 0.29) is 29.0 Å². The number of nitrogens with zero attached hydrogens (tertiary/aromatic N) is 2. The molecule has 138 valence electrons. The van der Waals surface area contributed by atoms with Crippen molar-refractivity contribution in [1.82, 2.24) is 4.90 Å². The summed E-state index contributed by atoms with van der Waals surface area (Å²) in [5.41, 5.74) is 0.654. The topological polar surface area (TPSA) is 81.9 Å². The van der Waals surface area contributed by atoms with Gasteiger partial charge in [0.2, 0.25) is 0 Å². The molecule has 0 N–H and O–H groups in total. The van der Waals surface area contributed by atoms with Crippen molar-refractivity contribution < 1.29 is 19.2 Å². The molecule has 0 aliphatic carbocycles. The second kappa shape index (κ2) is 9.05. The third-order valence-electron chi connectivity index (χ3n) is 3.55. The van der Waals surface area contributed by atoms with Crippen molar-refractivity contribution in [3.8, 4) is 11.5 Å². The Kier molecular flexibility index (Phi) is 6.80. The average Bonchev–Trinajstić information content (AvgIpc) is 2.62. The average molecular weight is 379 g/mol. The monoisotopic (exact) mass is 378 g/mol. The predicted octanol–water partition coefficient (Wildman–Crippen LogP) is 3.68. The van der Waals surface area contributed by atoms with Gasteiger partial charge in [-0.05, 0) is 36.8 Å². The van der Waals surface area contributed by atoms with Gasteiger partial charge in [0, 0.05) is 24.7 Å². The summed E-state index contributed by atoms with van der Waals surface area (Å²) in [6.45, 7) is 2.57. The van der Waals surface area contributed by atoms with E-state index in [1.165, 1.54) is 23.1 Å². The van der Waals surface area contributed by atoms with Crippen LogP contribution in [0.5, 0.6) is 11.5 Å². The van der Waals surface area contributed by atoms with E-state index in [1.807, 2.05) is 31.2 Å². The number of carbonyl (C=O) groups is 1. The van der Waals surface area contributed by atoms with Gasteiger partial charge in [-0.25, -0.2) is 0 Å². The van der Waals surface area contributed by atoms with Crippen LogP contribution in [-0.2, 0) is 11.3 Å². The number of nitro benzene ring substituents is 1. The van der Waals surface area contributed by atoms with Crippen molar-refractivity contribution >= 4 is 23.2 Å². The van der Waals surface area contributed by atoms with E-state index in [1.54, 1.807) is 7.05 Å². The minimum absolute atomic E-state index is 0.00205. The number of hydrogen-bond acceptors (Lipinski definition) is 5. The summed E-state index contributed by atoms with van der Waals surface area (Å²) in [5.74, 6) is 0.467. The highest BCUT2D eigenvalue weighted by molar-refractivity contribution is 6.30. The first kappa shape index (κ1) is 19.5. The number of hydrogen-bond donors (Lipinski definition) is 0. The summed E-state index contributed by atoms with van der Waals surface area (Å²) in [4.78, 5) is 24.1. The molecule has 8 heteroatoms. The number of likely N-dealkylation sites (N-methyl/N-ethyl adjacent to an activating group) is 1. The molecule has 2 rings (SSSR count). The molecule has 0 aliphatic heterocycles. The molecule has 2 aromatic carbocycles. The van der Waals surface area contributed by atoms with Crippen molar-refractivity contribution in [3.05, 3.63) is 63.2 Å². The van der Waals surface area contributed by atoms with Crippen molar-refractivity contribution in [3.63, 3.8) is 0 Å². The second-order valence-corrected chi connectivity index (χ2v) is 5.92. The molecule has 2 aromatic rings. The Labute approximate surface area is 156 Å². The first-order valence-corrected chi connectivity index (χ1v) is 8.31. The number of rotatable bonds is 8. The smallest absolute Gasteiger partial charge is 0.312 e. The summed E-state index contributed by atoms with van der Waals surface area (Å²) in [6, 6.07) is 11.5. The predicted molar refractivity (Wildman–Crippen MR) is 97.7 cm³/mol. The van der Waals surface area contributed by atoms with Gasteiger partial charge >= 0.3 is 5.69 Å². The maximum Gasteiger partial charge on any atom is 0.312 e. The lowest BCUT2D eigenvalue weighted by Gasteiger charge is -2.18. The molecular weight excluding hydrogens is 360 g/mol. The third kappa shape index (κ3) is 5.35. The molecule has 0 heterocycles. The fraction of sp³-hybridized carbons (Fsp3) is 0.278. The lowest BCUT2D eigenvalue weighted by atomic mass is 10.2. The maximum absolute atomic E-state index is 12.2. The van der Waals surface area contributed by atoms with Gasteiger partial charge in [-0.1, -0.05) is 23.7 Å². The molecule has 0 unspecified atom stereocenters. The van der Waals surface area contributed by atoms with E-state index in [2.05, 4.69) is 0 Å². The largest absolute Gasteiger partial charge is 0.494 e. The summed E-state index contributed by atoms with van der Waals surface area (Å²) in [6.07, 6.45) is 0. The molecule has 0 aromatic heterocycles. The molecule has 7 nitrogen and oxygen atoms in total. The van der Waals surface area contributed by atoms with Crippen LogP contribution >= 0.6 is 11.6 Å². The Bertz CT molecular complexity index is 780. The molecule has 0 spiro atoms. The molecular formula is C18H19ClN2O5. The Hall–Kier alpha value is -2.80. The molecule has 26 heavy (non-hydrogen) atoms. The fourth-order valence-corrected chi connectivity index (χ4v) is 2.39. The summed E-state index contributed by atoms with van der Waals surface area (Å²) < 4.78 is 10.7. The number of nitro groups is 1. The molecule has 0 atom stereocenters. The van der Waals surface area contributed by atoms with E-state index in [0.717, 1.165) is 11.3 Å². The molecule has 0 fully saturated rings. The van der Waals surface area contributed by atoms with Crippen molar-refractivity contribution in [2.24, 2.45) is 0 Å². The van der Waals surface area contributed by atoms with Crippen LogP contribution in [0.2, 0.25) is 5.02 Å². The zero-order chi connectivity index (χ0) is 19.1. The van der Waals surface area contributed by atoms with Crippen LogP contribution in [-0.4, -0.2) is 36.0 Å². The normalized spacial score (nSPS) is 10.3. The molecule has 0 saturated heterocycles. The number of carbonyl (C=O) groups excluding carboxylic acids is 1. The zero-order valence-electron chi connectivity index (χ0n) is 14.5. The highest BCUT2D eigenvalue weighted by Crippen LogP contribution is 2.29. The van der Waals surface area contributed by atoms with Gasteiger partial charge in [0.25, 0.3) is 5.91 Å². The Morgan fingerprint density at radius 3 is 2.50 bits per heavy atom. The van der Waals surface area contributed by atoms with Crippen LogP contribution in [0.3, 0.4) is 0 Å². The highest BCUT2D eigenvalue weighted by Gasteiger charge is 2.18. The Morgan fingerprint density at radius 1 is 1.19 bits per heavy atom. The molecule has 0 saturated carbocycles. The van der Waals surface area contributed by atoms with Gasteiger partial charge in [0.15, 0.2) is 12.4 Å². The quantitative estimate of drug-likeness (QED) is 0.517. The van der Waals surface area contributed by atoms with Crippen LogP contribution in [0.4, 0.5) is 5.69 Å². The SMILES string of the molecule is CCOc1ccc(CN(C)C(=O)COc2ccc(Cl)cc2[N+](=O)[O-])cc1. The Balaban J connectivity index is 1.94. The third-order valence-corrected chi connectivity index (χ3v) is 3.78. The molecule has 0 radical (unpaired) electrons. The van der Waals surface area contributed by atoms with E-state index in [9.17, 15) is 14.9 Å². The lowest BCUT2D eigenvalue weighted by Crippen LogP contribution is -2.31. The number of ether oxygens (including phenoxy) is 2. The minimum atomic E-state index is -0.602. The van der Waals surface area contributed by atoms with E-state index in [4.69, 9.17) is 21.1 Å². The van der Waals surface area contributed by atoms with Gasteiger partial charge in [0.05, 0.1) is 11.5 Å². The first-order chi connectivity index (χ1) is 12.4. The van der Waals surface area contributed by atoms with Gasteiger partial charge in [-0.15, -0.1) is 0 Å². The highest BCUT2D eigenvalue weighted by atomic mass is 35.5. The molecule has 0 bridgehead atoms. The molecule has 0 aliphatic rings. The minimum Gasteiger partial charge on any atom is -0.494 e. The first-order valence-electron chi connectivity index (χ1n) is 7.93. The number of amides is 1. The van der Waals surface area contributed by atoms with E-state index in [0.29, 0.717) is 13.2 Å². The summed E-state index contributed by atoms with van der Waals surface area (Å²) >= 11 is 5.75. The van der Waals surface area contributed by atoms with E-state index >= 15 is 0 Å². The van der Waals surface area contributed by atoms with Crippen LogP contribution < -0.4 is 9.47 Å². The van der Waals surface area contributed by atoms with Gasteiger partial charge in [0.1, 0.15) is 5.75 Å². The summed E-state index contributed by atoms with van der Waals surface area (Å²) in [7, 11) is 1.64. The standard InChI is InChI=1S/C18H19ClN2O5/c1-3-25-15-7-4-13(5-8-15)11-20(2)18(22)12-26-17-9-6-14(19)10-16(17)21(23)24/h4-10H,3,11-12H2,1-2H3.